The number of rotatable bonds is 1. The smallest absolute Gasteiger partial charge is 0.0706 e. The molecule has 1 aromatic carbocycles. The van der Waals surface area contributed by atoms with Gasteiger partial charge in [-0.1, -0.05) is 13.8 Å². The Balaban J connectivity index is 2.00. The molecule has 2 unspecified atom stereocenters. The van der Waals surface area contributed by atoms with Gasteiger partial charge in [0.05, 0.1) is 17.8 Å². The van der Waals surface area contributed by atoms with Crippen LogP contribution in [0.3, 0.4) is 0 Å². The first-order valence-corrected chi connectivity index (χ1v) is 6.86. The first kappa shape index (κ1) is 11.6. The maximum absolute atomic E-state index is 5.89. The van der Waals surface area contributed by atoms with Gasteiger partial charge in [-0.2, -0.15) is 5.10 Å². The summed E-state index contributed by atoms with van der Waals surface area (Å²) in [6, 6.07) is 6.58. The van der Waals surface area contributed by atoms with Crippen LogP contribution < -0.4 is 5.73 Å². The van der Waals surface area contributed by atoms with Crippen molar-refractivity contribution in [1.29, 1.82) is 0 Å². The molecule has 3 heteroatoms. The third-order valence-electron chi connectivity index (χ3n) is 4.12. The lowest BCUT2D eigenvalue weighted by Gasteiger charge is -2.32. The van der Waals surface area contributed by atoms with Crippen LogP contribution in [0.2, 0.25) is 0 Å². The van der Waals surface area contributed by atoms with Crippen LogP contribution in [0.1, 0.15) is 39.2 Å². The van der Waals surface area contributed by atoms with Gasteiger partial charge in [0.15, 0.2) is 0 Å². The lowest BCUT2D eigenvalue weighted by Crippen LogP contribution is -2.23. The molecule has 1 saturated carbocycles. The highest BCUT2D eigenvalue weighted by atomic mass is 15.3. The van der Waals surface area contributed by atoms with E-state index in [0.29, 0.717) is 6.04 Å². The summed E-state index contributed by atoms with van der Waals surface area (Å²) in [5.41, 5.74) is 7.90. The van der Waals surface area contributed by atoms with Gasteiger partial charge in [0.1, 0.15) is 0 Å². The average Bonchev–Trinajstić information content (AvgIpc) is 2.70. The van der Waals surface area contributed by atoms with Gasteiger partial charge in [0, 0.05) is 11.1 Å². The van der Waals surface area contributed by atoms with E-state index in [0.717, 1.165) is 17.5 Å². The van der Waals surface area contributed by atoms with Crippen molar-refractivity contribution in [3.8, 4) is 0 Å². The standard InChI is InChI=1S/C15H21N3/c1-10-5-11(2)7-14(6-10)18-15-8-13(16)4-3-12(15)9-17-18/h3-4,8-11,14H,5-7,16H2,1-2H3. The Morgan fingerprint density at radius 2 is 1.89 bits per heavy atom. The van der Waals surface area contributed by atoms with Crippen LogP contribution >= 0.6 is 0 Å². The number of hydrogen-bond acceptors (Lipinski definition) is 2. The van der Waals surface area contributed by atoms with E-state index < -0.39 is 0 Å². The summed E-state index contributed by atoms with van der Waals surface area (Å²) in [7, 11) is 0. The minimum Gasteiger partial charge on any atom is -0.399 e. The van der Waals surface area contributed by atoms with E-state index in [1.165, 1.54) is 30.2 Å². The van der Waals surface area contributed by atoms with Crippen molar-refractivity contribution < 1.29 is 0 Å². The number of hydrogen-bond donors (Lipinski definition) is 1. The van der Waals surface area contributed by atoms with E-state index in [9.17, 15) is 0 Å². The molecular weight excluding hydrogens is 222 g/mol. The van der Waals surface area contributed by atoms with Gasteiger partial charge < -0.3 is 5.73 Å². The zero-order valence-electron chi connectivity index (χ0n) is 11.1. The van der Waals surface area contributed by atoms with E-state index in [2.05, 4.69) is 29.7 Å². The van der Waals surface area contributed by atoms with Crippen molar-refractivity contribution >= 4 is 16.6 Å². The van der Waals surface area contributed by atoms with Gasteiger partial charge in [-0.15, -0.1) is 0 Å². The molecule has 96 valence electrons. The van der Waals surface area contributed by atoms with Gasteiger partial charge in [-0.25, -0.2) is 0 Å². The Kier molecular flexibility index (Phi) is 2.77. The number of nitrogens with two attached hydrogens (primary N) is 1. The molecule has 1 heterocycles. The molecule has 18 heavy (non-hydrogen) atoms. The maximum atomic E-state index is 5.89. The molecule has 1 aromatic heterocycles. The summed E-state index contributed by atoms with van der Waals surface area (Å²) in [5.74, 6) is 1.58. The zero-order valence-corrected chi connectivity index (χ0v) is 11.1. The molecule has 0 aliphatic heterocycles. The number of nitrogens with zero attached hydrogens (tertiary/aromatic N) is 2. The van der Waals surface area contributed by atoms with Crippen LogP contribution in [-0.2, 0) is 0 Å². The van der Waals surface area contributed by atoms with E-state index in [4.69, 9.17) is 5.73 Å². The SMILES string of the molecule is CC1CC(C)CC(n2ncc3ccc(N)cc32)C1. The first-order chi connectivity index (χ1) is 8.63. The van der Waals surface area contributed by atoms with E-state index in [1.807, 2.05) is 18.3 Å². The quantitative estimate of drug-likeness (QED) is 0.777. The molecule has 1 fully saturated rings. The second-order valence-electron chi connectivity index (χ2n) is 5.98. The molecule has 0 saturated heterocycles. The highest BCUT2D eigenvalue weighted by Gasteiger charge is 2.26. The lowest BCUT2D eigenvalue weighted by atomic mass is 9.80. The summed E-state index contributed by atoms with van der Waals surface area (Å²) in [6.45, 7) is 4.70. The molecular formula is C15H21N3. The number of benzene rings is 1. The molecule has 0 bridgehead atoms. The fourth-order valence-corrected chi connectivity index (χ4v) is 3.45. The van der Waals surface area contributed by atoms with E-state index >= 15 is 0 Å². The summed E-state index contributed by atoms with van der Waals surface area (Å²) < 4.78 is 2.19. The Labute approximate surface area is 108 Å². The topological polar surface area (TPSA) is 43.8 Å². The number of anilines is 1. The van der Waals surface area contributed by atoms with Crippen molar-refractivity contribution in [2.45, 2.75) is 39.2 Å². The van der Waals surface area contributed by atoms with Gasteiger partial charge in [0.25, 0.3) is 0 Å². The number of aromatic nitrogens is 2. The Morgan fingerprint density at radius 1 is 1.17 bits per heavy atom. The molecule has 2 N–H and O–H groups in total. The number of nitrogen functional groups attached to an aromatic ring is 1. The normalized spacial score (nSPS) is 28.7. The van der Waals surface area contributed by atoms with Gasteiger partial charge in [-0.05, 0) is 49.3 Å². The highest BCUT2D eigenvalue weighted by Crippen LogP contribution is 2.37. The van der Waals surface area contributed by atoms with Crippen molar-refractivity contribution in [2.24, 2.45) is 11.8 Å². The molecule has 1 aliphatic rings. The second-order valence-corrected chi connectivity index (χ2v) is 5.98. The van der Waals surface area contributed by atoms with E-state index in [-0.39, 0.29) is 0 Å². The fourth-order valence-electron chi connectivity index (χ4n) is 3.45. The molecule has 0 amide bonds. The average molecular weight is 243 g/mol. The van der Waals surface area contributed by atoms with Crippen molar-refractivity contribution in [3.63, 3.8) is 0 Å². The first-order valence-electron chi connectivity index (χ1n) is 6.86. The second kappa shape index (κ2) is 4.30. The third kappa shape index (κ3) is 1.98. The van der Waals surface area contributed by atoms with Crippen molar-refractivity contribution in [1.82, 2.24) is 9.78 Å². The van der Waals surface area contributed by atoms with Gasteiger partial charge in [-0.3, -0.25) is 4.68 Å². The zero-order chi connectivity index (χ0) is 12.7. The Bertz CT molecular complexity index is 548. The van der Waals surface area contributed by atoms with Gasteiger partial charge in [0.2, 0.25) is 0 Å². The van der Waals surface area contributed by atoms with E-state index in [1.54, 1.807) is 0 Å². The molecule has 2 atom stereocenters. The monoisotopic (exact) mass is 243 g/mol. The molecule has 0 radical (unpaired) electrons. The number of fused-ring (bicyclic) bond motifs is 1. The van der Waals surface area contributed by atoms with Crippen LogP contribution in [0.5, 0.6) is 0 Å². The Hall–Kier alpha value is -1.51. The van der Waals surface area contributed by atoms with Crippen LogP contribution in [0.25, 0.3) is 10.9 Å². The van der Waals surface area contributed by atoms with Crippen molar-refractivity contribution in [3.05, 3.63) is 24.4 Å². The molecule has 1 aliphatic carbocycles. The summed E-state index contributed by atoms with van der Waals surface area (Å²) >= 11 is 0. The maximum Gasteiger partial charge on any atom is 0.0706 e. The lowest BCUT2D eigenvalue weighted by molar-refractivity contribution is 0.214. The Morgan fingerprint density at radius 3 is 2.61 bits per heavy atom. The van der Waals surface area contributed by atoms with Gasteiger partial charge >= 0.3 is 0 Å². The summed E-state index contributed by atoms with van der Waals surface area (Å²) in [4.78, 5) is 0. The van der Waals surface area contributed by atoms with Crippen LogP contribution in [-0.4, -0.2) is 9.78 Å². The molecule has 2 aromatic rings. The van der Waals surface area contributed by atoms with Crippen LogP contribution in [0.4, 0.5) is 5.69 Å². The molecule has 3 nitrogen and oxygen atoms in total. The third-order valence-corrected chi connectivity index (χ3v) is 4.12. The summed E-state index contributed by atoms with van der Waals surface area (Å²) in [5, 5.41) is 5.78. The van der Waals surface area contributed by atoms with Crippen molar-refractivity contribution in [2.75, 3.05) is 5.73 Å². The molecule has 0 spiro atoms. The summed E-state index contributed by atoms with van der Waals surface area (Å²) in [6.07, 6.45) is 5.77. The minimum absolute atomic E-state index is 0.531. The van der Waals surface area contributed by atoms with Crippen LogP contribution in [0.15, 0.2) is 24.4 Å². The van der Waals surface area contributed by atoms with Crippen LogP contribution in [0, 0.1) is 11.8 Å². The highest BCUT2D eigenvalue weighted by molar-refractivity contribution is 5.81. The minimum atomic E-state index is 0.531. The predicted octanol–water partition coefficient (Wildman–Crippen LogP) is 3.62. The predicted molar refractivity (Wildman–Crippen MR) is 75.4 cm³/mol. The molecule has 3 rings (SSSR count). The fraction of sp³-hybridized carbons (Fsp3) is 0.533. The largest absolute Gasteiger partial charge is 0.399 e.